The van der Waals surface area contributed by atoms with Crippen LogP contribution in [0.15, 0.2) is 36.9 Å². The molecule has 0 saturated carbocycles. The van der Waals surface area contributed by atoms with Crippen molar-refractivity contribution in [3.05, 3.63) is 42.7 Å². The van der Waals surface area contributed by atoms with Gasteiger partial charge in [-0.25, -0.2) is 23.9 Å². The Morgan fingerprint density at radius 3 is 2.77 bits per heavy atom. The van der Waals surface area contributed by atoms with E-state index in [2.05, 4.69) is 15.0 Å². The monoisotopic (exact) mass is 381 g/mol. The van der Waals surface area contributed by atoms with Gasteiger partial charge in [0.2, 0.25) is 0 Å². The van der Waals surface area contributed by atoms with Crippen molar-refractivity contribution in [1.82, 2.24) is 19.5 Å². The Hall–Kier alpha value is -2.55. The Morgan fingerprint density at radius 1 is 1.31 bits per heavy atom. The average molecular weight is 381 g/mol. The molecular weight excluding hydrogens is 364 g/mol. The van der Waals surface area contributed by atoms with Crippen molar-refractivity contribution in [3.8, 4) is 5.75 Å². The summed E-state index contributed by atoms with van der Waals surface area (Å²) in [6, 6.07) is 4.81. The first kappa shape index (κ1) is 18.2. The zero-order chi connectivity index (χ0) is 18.7. The number of nitrogen functional groups attached to an aromatic ring is 1. The van der Waals surface area contributed by atoms with E-state index < -0.39 is 25.9 Å². The molecule has 1 aromatic carbocycles. The average Bonchev–Trinajstić information content (AvgIpc) is 3.00. The van der Waals surface area contributed by atoms with Gasteiger partial charge in [-0.05, 0) is 31.2 Å². The first-order valence-corrected chi connectivity index (χ1v) is 9.40. The fraction of sp³-hybridized carbons (Fsp3) is 0.267. The molecule has 2 atom stereocenters. The normalized spacial score (nSPS) is 14.9. The zero-order valence-corrected chi connectivity index (χ0v) is 14.7. The van der Waals surface area contributed by atoms with Gasteiger partial charge in [-0.1, -0.05) is 0 Å². The second kappa shape index (κ2) is 7.36. The van der Waals surface area contributed by atoms with E-state index in [9.17, 15) is 13.8 Å². The Bertz CT molecular complexity index is 949. The number of benzene rings is 1. The van der Waals surface area contributed by atoms with E-state index in [4.69, 9.17) is 15.0 Å². The van der Waals surface area contributed by atoms with Gasteiger partial charge in [0, 0.05) is 0 Å². The van der Waals surface area contributed by atoms with Crippen LogP contribution < -0.4 is 10.3 Å². The molecule has 0 amide bonds. The fourth-order valence-corrected chi connectivity index (χ4v) is 3.22. The molecule has 0 radical (unpaired) electrons. The zero-order valence-electron chi connectivity index (χ0n) is 13.8. The van der Waals surface area contributed by atoms with E-state index >= 15 is 0 Å². The van der Waals surface area contributed by atoms with Crippen molar-refractivity contribution in [2.45, 2.75) is 19.6 Å². The van der Waals surface area contributed by atoms with E-state index in [0.29, 0.717) is 17.7 Å². The Labute approximate surface area is 148 Å². The predicted octanol–water partition coefficient (Wildman–Crippen LogP) is 2.17. The first-order chi connectivity index (χ1) is 12.3. The van der Waals surface area contributed by atoms with Crippen LogP contribution in [-0.2, 0) is 15.8 Å². The van der Waals surface area contributed by atoms with E-state index in [1.54, 1.807) is 17.8 Å². The van der Waals surface area contributed by atoms with Crippen molar-refractivity contribution in [3.63, 3.8) is 0 Å². The molecule has 2 unspecified atom stereocenters. The summed E-state index contributed by atoms with van der Waals surface area (Å²) in [6.07, 6.45) is 1.93. The molecule has 3 aromatic rings. The summed E-state index contributed by atoms with van der Waals surface area (Å²) in [5.41, 5.74) is 6.75. The van der Waals surface area contributed by atoms with Crippen LogP contribution in [0.5, 0.6) is 5.75 Å². The Kier molecular flexibility index (Phi) is 5.17. The third kappa shape index (κ3) is 4.34. The van der Waals surface area contributed by atoms with Gasteiger partial charge >= 0.3 is 7.60 Å². The number of nitrogens with zero attached hydrogens (tertiary/aromatic N) is 4. The largest absolute Gasteiger partial charge is 0.423 e. The maximum absolute atomic E-state index is 12.9. The number of anilines is 1. The number of imidazole rings is 1. The molecule has 0 aliphatic rings. The second-order valence-corrected chi connectivity index (χ2v) is 7.33. The van der Waals surface area contributed by atoms with Crippen LogP contribution in [0, 0.1) is 5.82 Å². The Morgan fingerprint density at radius 2 is 2.04 bits per heavy atom. The van der Waals surface area contributed by atoms with Gasteiger partial charge in [0.15, 0.2) is 17.8 Å². The van der Waals surface area contributed by atoms with Gasteiger partial charge in [-0.3, -0.25) is 0 Å². The molecule has 0 spiro atoms. The SMILES string of the molecule is CC(Cn1cnc2c(N)ncnc21)OCP(=O)(O)Oc1ccc(F)cc1. The van der Waals surface area contributed by atoms with Crippen LogP contribution in [0.1, 0.15) is 6.92 Å². The molecule has 2 heterocycles. The molecule has 3 N–H and O–H groups in total. The van der Waals surface area contributed by atoms with Gasteiger partial charge in [0.1, 0.15) is 23.4 Å². The number of aromatic nitrogens is 4. The highest BCUT2D eigenvalue weighted by molar-refractivity contribution is 7.53. The number of hydrogen-bond acceptors (Lipinski definition) is 7. The molecule has 138 valence electrons. The predicted molar refractivity (Wildman–Crippen MR) is 92.0 cm³/mol. The highest BCUT2D eigenvalue weighted by atomic mass is 31.2. The van der Waals surface area contributed by atoms with Gasteiger partial charge < -0.3 is 24.5 Å². The third-order valence-corrected chi connectivity index (χ3v) is 4.44. The lowest BCUT2D eigenvalue weighted by atomic mass is 10.3. The van der Waals surface area contributed by atoms with E-state index in [1.165, 1.54) is 18.5 Å². The summed E-state index contributed by atoms with van der Waals surface area (Å²) >= 11 is 0. The molecule has 0 fully saturated rings. The molecule has 2 aromatic heterocycles. The van der Waals surface area contributed by atoms with Crippen molar-refractivity contribution >= 4 is 24.6 Å². The summed E-state index contributed by atoms with van der Waals surface area (Å²) in [4.78, 5) is 22.0. The van der Waals surface area contributed by atoms with Crippen LogP contribution in [0.3, 0.4) is 0 Å². The van der Waals surface area contributed by atoms with Crippen molar-refractivity contribution in [2.24, 2.45) is 0 Å². The quantitative estimate of drug-likeness (QED) is 0.597. The minimum absolute atomic E-state index is 0.0845. The van der Waals surface area contributed by atoms with E-state index in [1.807, 2.05) is 0 Å². The highest BCUT2D eigenvalue weighted by Gasteiger charge is 2.23. The fourth-order valence-electron chi connectivity index (χ4n) is 2.27. The Balaban J connectivity index is 1.59. The van der Waals surface area contributed by atoms with Crippen molar-refractivity contribution < 1.29 is 23.1 Å². The molecule has 0 bridgehead atoms. The molecular formula is C15H17FN5O4P. The molecule has 0 saturated heterocycles. The first-order valence-electron chi connectivity index (χ1n) is 7.64. The number of fused-ring (bicyclic) bond motifs is 1. The number of halogens is 1. The van der Waals surface area contributed by atoms with Crippen molar-refractivity contribution in [1.29, 1.82) is 0 Å². The lowest BCUT2D eigenvalue weighted by Gasteiger charge is -2.17. The lowest BCUT2D eigenvalue weighted by Crippen LogP contribution is -2.18. The van der Waals surface area contributed by atoms with Gasteiger partial charge in [0.05, 0.1) is 19.0 Å². The molecule has 0 aliphatic carbocycles. The van der Waals surface area contributed by atoms with Gasteiger partial charge in [-0.2, -0.15) is 0 Å². The topological polar surface area (TPSA) is 125 Å². The lowest BCUT2D eigenvalue weighted by molar-refractivity contribution is 0.0772. The van der Waals surface area contributed by atoms with Crippen LogP contribution in [0.2, 0.25) is 0 Å². The smallest absolute Gasteiger partial charge is 0.402 e. The van der Waals surface area contributed by atoms with Gasteiger partial charge in [-0.15, -0.1) is 0 Å². The molecule has 11 heteroatoms. The maximum atomic E-state index is 12.9. The summed E-state index contributed by atoms with van der Waals surface area (Å²) in [5, 5.41) is 0. The van der Waals surface area contributed by atoms with Crippen molar-refractivity contribution in [2.75, 3.05) is 12.1 Å². The number of ether oxygens (including phenoxy) is 1. The van der Waals surface area contributed by atoms with Crippen LogP contribution >= 0.6 is 7.60 Å². The standard InChI is InChI=1S/C15H17FN5O4P/c1-10(6-21-8-20-13-14(17)18-7-19-15(13)21)24-9-26(22,23)25-12-4-2-11(16)3-5-12/h2-5,7-8,10H,6,9H2,1H3,(H,22,23)(H2,17,18,19). The second-order valence-electron chi connectivity index (χ2n) is 5.62. The number of hydrogen-bond donors (Lipinski definition) is 2. The minimum atomic E-state index is -4.04. The molecule has 9 nitrogen and oxygen atoms in total. The molecule has 3 rings (SSSR count). The van der Waals surface area contributed by atoms with Crippen LogP contribution in [0.4, 0.5) is 10.2 Å². The van der Waals surface area contributed by atoms with E-state index in [0.717, 1.165) is 12.1 Å². The summed E-state index contributed by atoms with van der Waals surface area (Å²) < 4.78 is 37.1. The summed E-state index contributed by atoms with van der Waals surface area (Å²) in [5.74, 6) is -0.108. The number of rotatable bonds is 7. The van der Waals surface area contributed by atoms with Gasteiger partial charge in [0.25, 0.3) is 0 Å². The number of nitrogens with two attached hydrogens (primary N) is 1. The maximum Gasteiger partial charge on any atom is 0.402 e. The highest BCUT2D eigenvalue weighted by Crippen LogP contribution is 2.42. The third-order valence-electron chi connectivity index (χ3n) is 3.47. The van der Waals surface area contributed by atoms with E-state index in [-0.39, 0.29) is 11.6 Å². The van der Waals surface area contributed by atoms with Crippen LogP contribution in [-0.4, -0.2) is 36.9 Å². The molecule has 26 heavy (non-hydrogen) atoms. The molecule has 0 aliphatic heterocycles. The minimum Gasteiger partial charge on any atom is -0.423 e. The summed E-state index contributed by atoms with van der Waals surface area (Å²) in [6.45, 7) is 2.07. The summed E-state index contributed by atoms with van der Waals surface area (Å²) in [7, 11) is -4.04. The van der Waals surface area contributed by atoms with Crippen LogP contribution in [0.25, 0.3) is 11.2 Å².